The first-order chi connectivity index (χ1) is 11.7. The summed E-state index contributed by atoms with van der Waals surface area (Å²) in [6.07, 6.45) is 2.78. The number of aryl methyl sites for hydroxylation is 1. The van der Waals surface area contributed by atoms with E-state index in [1.165, 1.54) is 12.0 Å². The second kappa shape index (κ2) is 8.60. The van der Waals surface area contributed by atoms with Crippen LogP contribution >= 0.6 is 0 Å². The van der Waals surface area contributed by atoms with Crippen LogP contribution in [-0.2, 0) is 16.1 Å². The molecule has 0 spiro atoms. The Morgan fingerprint density at radius 2 is 2.21 bits per heavy atom. The smallest absolute Gasteiger partial charge is 0.224 e. The van der Waals surface area contributed by atoms with Gasteiger partial charge in [-0.2, -0.15) is 0 Å². The second-order valence-corrected chi connectivity index (χ2v) is 6.98. The Bertz CT molecular complexity index is 550. The molecule has 2 N–H and O–H groups in total. The highest BCUT2D eigenvalue weighted by Crippen LogP contribution is 2.20. The van der Waals surface area contributed by atoms with Crippen LogP contribution < -0.4 is 10.6 Å². The molecule has 2 aliphatic rings. The number of hydrogen-bond acceptors (Lipinski definition) is 4. The van der Waals surface area contributed by atoms with Gasteiger partial charge in [0.2, 0.25) is 5.91 Å². The van der Waals surface area contributed by atoms with Crippen LogP contribution in [0, 0.1) is 12.8 Å². The Labute approximate surface area is 144 Å². The van der Waals surface area contributed by atoms with Gasteiger partial charge in [-0.25, -0.2) is 0 Å². The number of morpholine rings is 1. The number of amides is 1. The molecule has 5 heteroatoms. The van der Waals surface area contributed by atoms with Gasteiger partial charge >= 0.3 is 0 Å². The second-order valence-electron chi connectivity index (χ2n) is 6.98. The van der Waals surface area contributed by atoms with Crippen LogP contribution in [0.4, 0.5) is 5.69 Å². The molecular formula is C19H29N3O2. The molecule has 0 aliphatic carbocycles. The highest BCUT2D eigenvalue weighted by molar-refractivity contribution is 5.91. The van der Waals surface area contributed by atoms with Gasteiger partial charge in [0.15, 0.2) is 0 Å². The van der Waals surface area contributed by atoms with Crippen LogP contribution in [0.1, 0.15) is 30.4 Å². The third kappa shape index (κ3) is 5.03. The number of carbonyl (C=O) groups excluding carboxylic acids is 1. The number of nitrogens with zero attached hydrogens (tertiary/aromatic N) is 1. The lowest BCUT2D eigenvalue weighted by Crippen LogP contribution is -2.35. The van der Waals surface area contributed by atoms with Gasteiger partial charge in [-0.05, 0) is 56.0 Å². The molecule has 132 valence electrons. The number of carbonyl (C=O) groups is 1. The van der Waals surface area contributed by atoms with Crippen LogP contribution in [0.3, 0.4) is 0 Å². The van der Waals surface area contributed by atoms with E-state index in [0.717, 1.165) is 63.6 Å². The molecule has 2 heterocycles. The zero-order valence-electron chi connectivity index (χ0n) is 14.6. The summed E-state index contributed by atoms with van der Waals surface area (Å²) in [6, 6.07) is 6.39. The molecule has 1 unspecified atom stereocenters. The predicted octanol–water partition coefficient (Wildman–Crippen LogP) is 2.16. The predicted molar refractivity (Wildman–Crippen MR) is 96.1 cm³/mol. The van der Waals surface area contributed by atoms with Crippen LogP contribution in [0.2, 0.25) is 0 Å². The van der Waals surface area contributed by atoms with E-state index in [4.69, 9.17) is 4.74 Å². The maximum atomic E-state index is 12.3. The number of anilines is 1. The minimum Gasteiger partial charge on any atom is -0.379 e. The molecule has 1 atom stereocenters. The molecule has 1 aromatic carbocycles. The maximum absolute atomic E-state index is 12.3. The first kappa shape index (κ1) is 17.4. The summed E-state index contributed by atoms with van der Waals surface area (Å²) in [7, 11) is 0. The van der Waals surface area contributed by atoms with E-state index >= 15 is 0 Å². The first-order valence-electron chi connectivity index (χ1n) is 9.11. The van der Waals surface area contributed by atoms with Gasteiger partial charge in [0, 0.05) is 31.7 Å². The van der Waals surface area contributed by atoms with E-state index in [9.17, 15) is 4.79 Å². The molecule has 0 radical (unpaired) electrons. The zero-order valence-corrected chi connectivity index (χ0v) is 14.6. The van der Waals surface area contributed by atoms with Gasteiger partial charge in [-0.15, -0.1) is 0 Å². The van der Waals surface area contributed by atoms with Crippen molar-refractivity contribution in [1.29, 1.82) is 0 Å². The Morgan fingerprint density at radius 1 is 1.38 bits per heavy atom. The van der Waals surface area contributed by atoms with E-state index in [1.807, 2.05) is 0 Å². The van der Waals surface area contributed by atoms with Crippen molar-refractivity contribution in [3.63, 3.8) is 0 Å². The molecular weight excluding hydrogens is 302 g/mol. The molecule has 2 aliphatic heterocycles. The van der Waals surface area contributed by atoms with Crippen molar-refractivity contribution in [3.8, 4) is 0 Å². The molecule has 3 rings (SSSR count). The fourth-order valence-corrected chi connectivity index (χ4v) is 3.43. The Balaban J connectivity index is 1.53. The molecule has 2 saturated heterocycles. The quantitative estimate of drug-likeness (QED) is 0.839. The standard InChI is InChI=1S/C19H29N3O2/c1-15-2-3-17(14-22-8-10-24-11-9-22)12-18(15)21-19(23)5-4-16-6-7-20-13-16/h2-3,12,16,20H,4-11,13-14H2,1H3,(H,21,23). The summed E-state index contributed by atoms with van der Waals surface area (Å²) in [5.74, 6) is 0.790. The topological polar surface area (TPSA) is 53.6 Å². The minimum absolute atomic E-state index is 0.133. The maximum Gasteiger partial charge on any atom is 0.224 e. The van der Waals surface area contributed by atoms with Crippen molar-refractivity contribution in [2.75, 3.05) is 44.7 Å². The van der Waals surface area contributed by atoms with Gasteiger partial charge < -0.3 is 15.4 Å². The normalized spacial score (nSPS) is 21.8. The molecule has 24 heavy (non-hydrogen) atoms. The lowest BCUT2D eigenvalue weighted by Gasteiger charge is -2.26. The zero-order chi connectivity index (χ0) is 16.8. The third-order valence-corrected chi connectivity index (χ3v) is 5.03. The van der Waals surface area contributed by atoms with Crippen LogP contribution in [0.25, 0.3) is 0 Å². The van der Waals surface area contributed by atoms with Crippen molar-refractivity contribution in [2.45, 2.75) is 32.7 Å². The minimum atomic E-state index is 0.133. The Morgan fingerprint density at radius 3 is 2.96 bits per heavy atom. The molecule has 2 fully saturated rings. The van der Waals surface area contributed by atoms with Crippen LogP contribution in [0.5, 0.6) is 0 Å². The molecule has 1 aromatic rings. The SMILES string of the molecule is Cc1ccc(CN2CCOCC2)cc1NC(=O)CCC1CCNC1. The highest BCUT2D eigenvalue weighted by atomic mass is 16.5. The number of nitrogens with one attached hydrogen (secondary N) is 2. The summed E-state index contributed by atoms with van der Waals surface area (Å²) in [5, 5.41) is 6.47. The van der Waals surface area contributed by atoms with Gasteiger partial charge in [0.25, 0.3) is 0 Å². The first-order valence-corrected chi connectivity index (χ1v) is 9.11. The fourth-order valence-electron chi connectivity index (χ4n) is 3.43. The van der Waals surface area contributed by atoms with Gasteiger partial charge in [-0.1, -0.05) is 12.1 Å². The lowest BCUT2D eigenvalue weighted by atomic mass is 10.0. The lowest BCUT2D eigenvalue weighted by molar-refractivity contribution is -0.116. The fraction of sp³-hybridized carbons (Fsp3) is 0.632. The van der Waals surface area contributed by atoms with E-state index in [0.29, 0.717) is 12.3 Å². The molecule has 0 bridgehead atoms. The summed E-state index contributed by atoms with van der Waals surface area (Å²) < 4.78 is 5.40. The highest BCUT2D eigenvalue weighted by Gasteiger charge is 2.16. The molecule has 5 nitrogen and oxygen atoms in total. The average molecular weight is 331 g/mol. The Kier molecular flexibility index (Phi) is 6.24. The summed E-state index contributed by atoms with van der Waals surface area (Å²) in [6.45, 7) is 8.69. The van der Waals surface area contributed by atoms with Crippen molar-refractivity contribution in [1.82, 2.24) is 10.2 Å². The summed E-state index contributed by atoms with van der Waals surface area (Å²) in [5.41, 5.74) is 3.32. The van der Waals surface area contributed by atoms with E-state index in [2.05, 4.69) is 40.7 Å². The molecule has 0 saturated carbocycles. The van der Waals surface area contributed by atoms with Crippen LogP contribution in [-0.4, -0.2) is 50.2 Å². The number of hydrogen-bond donors (Lipinski definition) is 2. The van der Waals surface area contributed by atoms with Gasteiger partial charge in [0.1, 0.15) is 0 Å². The third-order valence-electron chi connectivity index (χ3n) is 5.03. The van der Waals surface area contributed by atoms with E-state index in [1.54, 1.807) is 0 Å². The number of benzene rings is 1. The van der Waals surface area contributed by atoms with Crippen molar-refractivity contribution in [3.05, 3.63) is 29.3 Å². The van der Waals surface area contributed by atoms with E-state index in [-0.39, 0.29) is 5.91 Å². The molecule has 0 aromatic heterocycles. The average Bonchev–Trinajstić information content (AvgIpc) is 3.11. The van der Waals surface area contributed by atoms with Crippen LogP contribution in [0.15, 0.2) is 18.2 Å². The van der Waals surface area contributed by atoms with E-state index < -0.39 is 0 Å². The number of ether oxygens (including phenoxy) is 1. The van der Waals surface area contributed by atoms with Gasteiger partial charge in [-0.3, -0.25) is 9.69 Å². The Hall–Kier alpha value is -1.43. The largest absolute Gasteiger partial charge is 0.379 e. The van der Waals surface area contributed by atoms with Crippen molar-refractivity contribution in [2.24, 2.45) is 5.92 Å². The summed E-state index contributed by atoms with van der Waals surface area (Å²) >= 11 is 0. The monoisotopic (exact) mass is 331 g/mol. The summed E-state index contributed by atoms with van der Waals surface area (Å²) in [4.78, 5) is 14.7. The number of rotatable bonds is 6. The molecule has 1 amide bonds. The van der Waals surface area contributed by atoms with Crippen molar-refractivity contribution < 1.29 is 9.53 Å². The van der Waals surface area contributed by atoms with Crippen molar-refractivity contribution >= 4 is 11.6 Å². The van der Waals surface area contributed by atoms with Gasteiger partial charge in [0.05, 0.1) is 13.2 Å².